The van der Waals surface area contributed by atoms with Gasteiger partial charge in [-0.2, -0.15) is 0 Å². The summed E-state index contributed by atoms with van der Waals surface area (Å²) in [6, 6.07) is 69.4. The van der Waals surface area contributed by atoms with Crippen LogP contribution in [0.15, 0.2) is 205 Å². The van der Waals surface area contributed by atoms with Crippen molar-refractivity contribution in [2.75, 3.05) is 0 Å². The third-order valence-corrected chi connectivity index (χ3v) is 10.2. The van der Waals surface area contributed by atoms with Gasteiger partial charge in [-0.25, -0.2) is 15.0 Å². The highest BCUT2D eigenvalue weighted by molar-refractivity contribution is 6.12. The molecule has 4 nitrogen and oxygen atoms in total. The molecule has 0 aliphatic rings. The van der Waals surface area contributed by atoms with E-state index in [1.165, 1.54) is 22.3 Å². The molecule has 0 spiro atoms. The van der Waals surface area contributed by atoms with E-state index in [2.05, 4.69) is 146 Å². The normalized spacial score (nSPS) is 11.3. The topological polar surface area (TPSA) is 51.8 Å². The average Bonchev–Trinajstić information content (AvgIpc) is 3.66. The maximum atomic E-state index is 6.44. The van der Waals surface area contributed by atoms with Crippen molar-refractivity contribution in [1.29, 1.82) is 0 Å². The quantitative estimate of drug-likeness (QED) is 0.166. The van der Waals surface area contributed by atoms with Gasteiger partial charge in [-0.3, -0.25) is 0 Å². The smallest absolute Gasteiger partial charge is 0.164 e. The lowest BCUT2D eigenvalue weighted by Crippen LogP contribution is -2.00. The van der Waals surface area contributed by atoms with E-state index in [0.717, 1.165) is 60.9 Å². The zero-order chi connectivity index (χ0) is 36.6. The molecular formula is C51H33N3O. The third-order valence-electron chi connectivity index (χ3n) is 10.2. The minimum atomic E-state index is 0.594. The number of furan rings is 1. The van der Waals surface area contributed by atoms with E-state index in [4.69, 9.17) is 19.4 Å². The van der Waals surface area contributed by atoms with Gasteiger partial charge in [-0.05, 0) is 68.8 Å². The summed E-state index contributed by atoms with van der Waals surface area (Å²) in [4.78, 5) is 15.2. The SMILES string of the molecule is c1ccc(-c2ccc(-c3nc(-c4ccccc4)nc(-c4cccc5oc6ccc(-c7ccc(-c8cccc(-c9ccccc9)c8)cc7)cc6c45)n3)cc2)cc1. The second kappa shape index (κ2) is 13.8. The van der Waals surface area contributed by atoms with Crippen LogP contribution in [0.25, 0.3) is 101 Å². The molecular weight excluding hydrogens is 671 g/mol. The van der Waals surface area contributed by atoms with Gasteiger partial charge < -0.3 is 4.42 Å². The number of fused-ring (bicyclic) bond motifs is 3. The Morgan fingerprint density at radius 3 is 1.27 bits per heavy atom. The molecule has 0 fully saturated rings. The highest BCUT2D eigenvalue weighted by Gasteiger charge is 2.18. The van der Waals surface area contributed by atoms with Crippen molar-refractivity contribution in [2.45, 2.75) is 0 Å². The van der Waals surface area contributed by atoms with Crippen LogP contribution >= 0.6 is 0 Å². The molecule has 2 aromatic heterocycles. The predicted molar refractivity (Wildman–Crippen MR) is 225 cm³/mol. The van der Waals surface area contributed by atoms with E-state index in [0.29, 0.717) is 17.5 Å². The van der Waals surface area contributed by atoms with Gasteiger partial charge in [0.1, 0.15) is 11.2 Å². The zero-order valence-electron chi connectivity index (χ0n) is 29.8. The summed E-state index contributed by atoms with van der Waals surface area (Å²) >= 11 is 0. The number of rotatable bonds is 7. The Balaban J connectivity index is 1.05. The summed E-state index contributed by atoms with van der Waals surface area (Å²) in [5.74, 6) is 1.83. The number of aromatic nitrogens is 3. The standard InChI is InChI=1S/C51H33N3O/c1-4-12-34(13-5-1)36-26-28-40(29-27-36)50-52-49(39-16-8-3-9-17-39)53-51(54-50)44-20-11-21-47-48(44)45-33-43(30-31-46(45)55-47)38-24-22-37(23-25-38)42-19-10-18-41(32-42)35-14-6-2-7-15-35/h1-33H. The largest absolute Gasteiger partial charge is 0.456 e. The highest BCUT2D eigenvalue weighted by atomic mass is 16.3. The molecule has 0 N–H and O–H groups in total. The van der Waals surface area contributed by atoms with E-state index < -0.39 is 0 Å². The van der Waals surface area contributed by atoms with Crippen LogP contribution in [0, 0.1) is 0 Å². The second-order valence-electron chi connectivity index (χ2n) is 13.6. The molecule has 55 heavy (non-hydrogen) atoms. The summed E-state index contributed by atoms with van der Waals surface area (Å²) in [6.07, 6.45) is 0. The van der Waals surface area contributed by atoms with Gasteiger partial charge in [-0.1, -0.05) is 176 Å². The molecule has 0 bridgehead atoms. The van der Waals surface area contributed by atoms with Gasteiger partial charge >= 0.3 is 0 Å². The Hall–Kier alpha value is -7.43. The van der Waals surface area contributed by atoms with Gasteiger partial charge in [0.2, 0.25) is 0 Å². The Bertz CT molecular complexity index is 2940. The monoisotopic (exact) mass is 703 g/mol. The molecule has 0 aliphatic heterocycles. The third kappa shape index (κ3) is 6.26. The molecule has 0 unspecified atom stereocenters. The summed E-state index contributed by atoms with van der Waals surface area (Å²) in [6.45, 7) is 0. The number of hydrogen-bond acceptors (Lipinski definition) is 4. The second-order valence-corrected chi connectivity index (χ2v) is 13.6. The lowest BCUT2D eigenvalue weighted by Gasteiger charge is -2.10. The van der Waals surface area contributed by atoms with Crippen LogP contribution in [0.1, 0.15) is 0 Å². The first-order chi connectivity index (χ1) is 27.2. The van der Waals surface area contributed by atoms with Crippen molar-refractivity contribution < 1.29 is 4.42 Å². The van der Waals surface area contributed by atoms with Crippen LogP contribution in [-0.4, -0.2) is 15.0 Å². The predicted octanol–water partition coefficient (Wildman–Crippen LogP) is 13.4. The van der Waals surface area contributed by atoms with Gasteiger partial charge in [0.15, 0.2) is 17.5 Å². The van der Waals surface area contributed by atoms with E-state index >= 15 is 0 Å². The zero-order valence-corrected chi connectivity index (χ0v) is 29.8. The van der Waals surface area contributed by atoms with Crippen LogP contribution in [0.2, 0.25) is 0 Å². The first-order valence-corrected chi connectivity index (χ1v) is 18.4. The molecule has 258 valence electrons. The molecule has 0 atom stereocenters. The van der Waals surface area contributed by atoms with Crippen molar-refractivity contribution in [1.82, 2.24) is 15.0 Å². The highest BCUT2D eigenvalue weighted by Crippen LogP contribution is 2.39. The molecule has 0 aliphatic carbocycles. The van der Waals surface area contributed by atoms with Gasteiger partial charge in [0, 0.05) is 27.5 Å². The molecule has 0 saturated heterocycles. The van der Waals surface area contributed by atoms with Gasteiger partial charge in [0.25, 0.3) is 0 Å². The maximum absolute atomic E-state index is 6.44. The Labute approximate surface area is 319 Å². The summed E-state index contributed by atoms with van der Waals surface area (Å²) in [5.41, 5.74) is 13.7. The van der Waals surface area contributed by atoms with Crippen LogP contribution in [0.4, 0.5) is 0 Å². The van der Waals surface area contributed by atoms with Crippen LogP contribution < -0.4 is 0 Å². The molecule has 8 aromatic carbocycles. The minimum absolute atomic E-state index is 0.594. The molecule has 0 saturated carbocycles. The Morgan fingerprint density at radius 1 is 0.273 bits per heavy atom. The minimum Gasteiger partial charge on any atom is -0.456 e. The lowest BCUT2D eigenvalue weighted by atomic mass is 9.96. The first kappa shape index (κ1) is 32.2. The maximum Gasteiger partial charge on any atom is 0.164 e. The summed E-state index contributed by atoms with van der Waals surface area (Å²) < 4.78 is 6.44. The Morgan fingerprint density at radius 2 is 0.673 bits per heavy atom. The van der Waals surface area contributed by atoms with E-state index in [9.17, 15) is 0 Å². The number of benzene rings is 8. The fourth-order valence-corrected chi connectivity index (χ4v) is 7.34. The van der Waals surface area contributed by atoms with Gasteiger partial charge in [-0.15, -0.1) is 0 Å². The molecule has 10 aromatic rings. The van der Waals surface area contributed by atoms with Crippen LogP contribution in [0.3, 0.4) is 0 Å². The first-order valence-electron chi connectivity index (χ1n) is 18.4. The van der Waals surface area contributed by atoms with Crippen LogP contribution in [0.5, 0.6) is 0 Å². The fourth-order valence-electron chi connectivity index (χ4n) is 7.34. The average molecular weight is 704 g/mol. The van der Waals surface area contributed by atoms with Crippen LogP contribution in [-0.2, 0) is 0 Å². The van der Waals surface area contributed by atoms with E-state index in [-0.39, 0.29) is 0 Å². The summed E-state index contributed by atoms with van der Waals surface area (Å²) in [7, 11) is 0. The Kier molecular flexibility index (Phi) is 8.12. The molecule has 4 heteroatoms. The number of hydrogen-bond donors (Lipinski definition) is 0. The van der Waals surface area contributed by atoms with Crippen molar-refractivity contribution >= 4 is 21.9 Å². The number of nitrogens with zero attached hydrogens (tertiary/aromatic N) is 3. The van der Waals surface area contributed by atoms with Crippen molar-refractivity contribution in [3.63, 3.8) is 0 Å². The fraction of sp³-hybridized carbons (Fsp3) is 0. The van der Waals surface area contributed by atoms with E-state index in [1.54, 1.807) is 0 Å². The van der Waals surface area contributed by atoms with Crippen molar-refractivity contribution in [3.8, 4) is 78.7 Å². The van der Waals surface area contributed by atoms with E-state index in [1.807, 2.05) is 54.6 Å². The molecule has 2 heterocycles. The van der Waals surface area contributed by atoms with Crippen molar-refractivity contribution in [2.24, 2.45) is 0 Å². The van der Waals surface area contributed by atoms with Crippen molar-refractivity contribution in [3.05, 3.63) is 200 Å². The van der Waals surface area contributed by atoms with Gasteiger partial charge in [0.05, 0.1) is 0 Å². The molecule has 10 rings (SSSR count). The molecule has 0 amide bonds. The lowest BCUT2D eigenvalue weighted by molar-refractivity contribution is 0.669. The molecule has 0 radical (unpaired) electrons. The summed E-state index contributed by atoms with van der Waals surface area (Å²) in [5, 5.41) is 1.99.